The van der Waals surface area contributed by atoms with Gasteiger partial charge in [0.25, 0.3) is 5.69 Å². The summed E-state index contributed by atoms with van der Waals surface area (Å²) in [5, 5.41) is 11.6. The molecule has 0 bridgehead atoms. The quantitative estimate of drug-likeness (QED) is 0.125. The minimum Gasteiger partial charge on any atom is -0.496 e. The fourth-order valence-corrected chi connectivity index (χ4v) is 6.32. The van der Waals surface area contributed by atoms with Crippen molar-refractivity contribution in [3.8, 4) is 17.2 Å². The summed E-state index contributed by atoms with van der Waals surface area (Å²) in [6, 6.07) is 9.17. The number of nitro benzene ring substituents is 1. The molecule has 47 heavy (non-hydrogen) atoms. The standard InChI is InChI=1S/C34H41N3O10/c1-20-29(33(39)46-6)31(22-10-7-11-23(16-22)37(41)42)30(21(2)35-20)34(40)47-24-12-8-14-36(19-24)15-9-13-26(38)32-27(44-4)17-25(43-3)18-28(32)45-5/h7,10-11,16-18,24,29,31H,8-9,12-15,19H2,1-6H3. The van der Waals surface area contributed by atoms with E-state index in [0.29, 0.717) is 65.7 Å². The average molecular weight is 652 g/mol. The van der Waals surface area contributed by atoms with E-state index in [0.717, 1.165) is 13.0 Å². The van der Waals surface area contributed by atoms with E-state index in [2.05, 4.69) is 9.89 Å². The Hall–Kier alpha value is -4.78. The molecule has 4 rings (SSSR count). The van der Waals surface area contributed by atoms with Gasteiger partial charge in [-0.3, -0.25) is 29.6 Å². The van der Waals surface area contributed by atoms with Gasteiger partial charge in [0.1, 0.15) is 34.8 Å². The van der Waals surface area contributed by atoms with Gasteiger partial charge in [0, 0.05) is 54.6 Å². The fourth-order valence-electron chi connectivity index (χ4n) is 6.32. The van der Waals surface area contributed by atoms with Crippen LogP contribution in [0, 0.1) is 16.0 Å². The molecule has 0 amide bonds. The summed E-state index contributed by atoms with van der Waals surface area (Å²) in [7, 11) is 5.74. The molecule has 2 aliphatic rings. The lowest BCUT2D eigenvalue weighted by Gasteiger charge is -2.34. The maximum Gasteiger partial charge on any atom is 0.336 e. The van der Waals surface area contributed by atoms with Crippen molar-refractivity contribution in [2.75, 3.05) is 48.1 Å². The van der Waals surface area contributed by atoms with Crippen LogP contribution in [0.3, 0.4) is 0 Å². The number of nitro groups is 1. The Bertz CT molecular complexity index is 1560. The first-order valence-corrected chi connectivity index (χ1v) is 15.4. The highest BCUT2D eigenvalue weighted by molar-refractivity contribution is 6.07. The highest BCUT2D eigenvalue weighted by Crippen LogP contribution is 2.41. The van der Waals surface area contributed by atoms with Gasteiger partial charge in [-0.25, -0.2) is 4.79 Å². The molecule has 13 heteroatoms. The number of piperidine rings is 1. The van der Waals surface area contributed by atoms with Gasteiger partial charge in [-0.15, -0.1) is 0 Å². The highest BCUT2D eigenvalue weighted by Gasteiger charge is 2.43. The maximum atomic E-state index is 13.8. The summed E-state index contributed by atoms with van der Waals surface area (Å²) in [5.74, 6) is -1.94. The molecule has 0 radical (unpaired) electrons. The third-order valence-corrected chi connectivity index (χ3v) is 8.55. The van der Waals surface area contributed by atoms with E-state index in [4.69, 9.17) is 23.7 Å². The maximum absolute atomic E-state index is 13.8. The molecule has 2 aliphatic heterocycles. The second-order valence-electron chi connectivity index (χ2n) is 11.5. The minimum absolute atomic E-state index is 0.121. The topological polar surface area (TPSA) is 156 Å². The van der Waals surface area contributed by atoms with E-state index in [1.54, 1.807) is 32.0 Å². The second kappa shape index (κ2) is 15.7. The number of nitrogens with zero attached hydrogens (tertiary/aromatic N) is 3. The number of benzene rings is 2. The van der Waals surface area contributed by atoms with Crippen LogP contribution in [0.25, 0.3) is 0 Å². The number of methoxy groups -OCH3 is 4. The number of hydrogen-bond donors (Lipinski definition) is 0. The third-order valence-electron chi connectivity index (χ3n) is 8.55. The zero-order chi connectivity index (χ0) is 34.2. The lowest BCUT2D eigenvalue weighted by molar-refractivity contribution is -0.384. The van der Waals surface area contributed by atoms with Crippen LogP contribution in [0.5, 0.6) is 17.2 Å². The van der Waals surface area contributed by atoms with Gasteiger partial charge in [0.05, 0.1) is 38.9 Å². The first kappa shape index (κ1) is 35.1. The first-order valence-electron chi connectivity index (χ1n) is 15.4. The van der Waals surface area contributed by atoms with Crippen LogP contribution in [0.2, 0.25) is 0 Å². The molecule has 1 fully saturated rings. The molecule has 252 valence electrons. The van der Waals surface area contributed by atoms with E-state index >= 15 is 0 Å². The minimum atomic E-state index is -0.961. The van der Waals surface area contributed by atoms with Crippen molar-refractivity contribution in [1.29, 1.82) is 0 Å². The van der Waals surface area contributed by atoms with Gasteiger partial charge in [-0.2, -0.15) is 0 Å². The molecule has 3 unspecified atom stereocenters. The number of rotatable bonds is 13. The Morgan fingerprint density at radius 2 is 1.72 bits per heavy atom. The van der Waals surface area contributed by atoms with Crippen LogP contribution >= 0.6 is 0 Å². The third kappa shape index (κ3) is 7.97. The molecule has 0 spiro atoms. The summed E-state index contributed by atoms with van der Waals surface area (Å²) in [6.07, 6.45) is 1.79. The van der Waals surface area contributed by atoms with E-state index in [9.17, 15) is 24.5 Å². The Balaban J connectivity index is 1.47. The van der Waals surface area contributed by atoms with Gasteiger partial charge in [0.2, 0.25) is 0 Å². The van der Waals surface area contributed by atoms with Crippen LogP contribution in [-0.2, 0) is 19.1 Å². The van der Waals surface area contributed by atoms with Gasteiger partial charge in [0.15, 0.2) is 5.78 Å². The Morgan fingerprint density at radius 3 is 2.34 bits per heavy atom. The van der Waals surface area contributed by atoms with Crippen molar-refractivity contribution in [2.24, 2.45) is 10.9 Å². The van der Waals surface area contributed by atoms with E-state index in [-0.39, 0.29) is 23.5 Å². The number of aliphatic imine (C=N–C) groups is 1. The lowest BCUT2D eigenvalue weighted by atomic mass is 9.75. The van der Waals surface area contributed by atoms with Gasteiger partial charge >= 0.3 is 11.9 Å². The van der Waals surface area contributed by atoms with Crippen LogP contribution < -0.4 is 14.2 Å². The molecule has 0 aromatic heterocycles. The van der Waals surface area contributed by atoms with E-state index < -0.39 is 34.8 Å². The van der Waals surface area contributed by atoms with Crippen molar-refractivity contribution in [3.05, 3.63) is 68.9 Å². The van der Waals surface area contributed by atoms with Gasteiger partial charge in [-0.05, 0) is 51.8 Å². The summed E-state index contributed by atoms with van der Waals surface area (Å²) in [6.45, 7) is 5.18. The predicted octanol–water partition coefficient (Wildman–Crippen LogP) is 4.91. The molecule has 0 N–H and O–H groups in total. The molecule has 2 aromatic carbocycles. The van der Waals surface area contributed by atoms with Crippen LogP contribution in [0.15, 0.2) is 52.7 Å². The number of allylic oxidation sites excluding steroid dienone is 1. The number of non-ortho nitro benzene ring substituents is 1. The predicted molar refractivity (Wildman–Crippen MR) is 172 cm³/mol. The zero-order valence-electron chi connectivity index (χ0n) is 27.6. The van der Waals surface area contributed by atoms with Crippen LogP contribution in [0.1, 0.15) is 61.4 Å². The lowest BCUT2D eigenvalue weighted by Crippen LogP contribution is -2.42. The zero-order valence-corrected chi connectivity index (χ0v) is 27.6. The number of ketones is 1. The Kier molecular flexibility index (Phi) is 11.7. The molecule has 2 heterocycles. The van der Waals surface area contributed by atoms with Crippen molar-refractivity contribution in [1.82, 2.24) is 4.90 Å². The van der Waals surface area contributed by atoms with Crippen molar-refractivity contribution in [3.63, 3.8) is 0 Å². The molecule has 13 nitrogen and oxygen atoms in total. The number of ether oxygens (including phenoxy) is 5. The smallest absolute Gasteiger partial charge is 0.336 e. The summed E-state index contributed by atoms with van der Waals surface area (Å²) in [4.78, 5) is 57.7. The van der Waals surface area contributed by atoms with Crippen molar-refractivity contribution in [2.45, 2.75) is 51.6 Å². The summed E-state index contributed by atoms with van der Waals surface area (Å²) >= 11 is 0. The van der Waals surface area contributed by atoms with Gasteiger partial charge < -0.3 is 23.7 Å². The van der Waals surface area contributed by atoms with E-state index in [1.165, 1.54) is 46.6 Å². The molecular formula is C34H41N3O10. The SMILES string of the molecule is COC(=O)C1C(C)=NC(C)=C(C(=O)OC2CCCN(CCCC(=O)c3c(OC)cc(OC)cc3OC)C2)C1c1cccc([N+](=O)[O-])c1. The number of Topliss-reactive ketones (excluding diaryl/α,β-unsaturated/α-hetero) is 1. The molecule has 0 saturated carbocycles. The van der Waals surface area contributed by atoms with E-state index in [1.807, 2.05) is 0 Å². The largest absolute Gasteiger partial charge is 0.496 e. The number of esters is 2. The molecule has 2 aromatic rings. The molecular weight excluding hydrogens is 610 g/mol. The average Bonchev–Trinajstić information content (AvgIpc) is 3.06. The van der Waals surface area contributed by atoms with Crippen LogP contribution in [-0.4, -0.2) is 87.4 Å². The number of carbonyl (C=O) groups is 3. The van der Waals surface area contributed by atoms with Crippen LogP contribution in [0.4, 0.5) is 5.69 Å². The molecule has 3 atom stereocenters. The highest BCUT2D eigenvalue weighted by atomic mass is 16.6. The first-order chi connectivity index (χ1) is 22.5. The number of likely N-dealkylation sites (tertiary alicyclic amines) is 1. The number of hydrogen-bond acceptors (Lipinski definition) is 12. The second-order valence-corrected chi connectivity index (χ2v) is 11.5. The van der Waals surface area contributed by atoms with Crippen molar-refractivity contribution < 1.29 is 43.0 Å². The molecule has 0 aliphatic carbocycles. The van der Waals surface area contributed by atoms with Crippen molar-refractivity contribution >= 4 is 29.1 Å². The summed E-state index contributed by atoms with van der Waals surface area (Å²) in [5.41, 5.74) is 1.58. The monoisotopic (exact) mass is 651 g/mol. The fraction of sp³-hybridized carbons (Fsp3) is 0.471. The van der Waals surface area contributed by atoms with Gasteiger partial charge in [-0.1, -0.05) is 12.1 Å². The summed E-state index contributed by atoms with van der Waals surface area (Å²) < 4.78 is 27.2. The Morgan fingerprint density at radius 1 is 1.02 bits per heavy atom. The number of carbonyl (C=O) groups excluding carboxylic acids is 3. The normalized spacial score (nSPS) is 19.8. The Labute approximate surface area is 273 Å². The molecule has 1 saturated heterocycles.